The van der Waals surface area contributed by atoms with Gasteiger partial charge in [-0.1, -0.05) is 42.5 Å². The molecule has 2 aromatic heterocycles. The number of rotatable bonds is 4. The van der Waals surface area contributed by atoms with Crippen LogP contribution in [0.2, 0.25) is 0 Å². The molecule has 0 N–H and O–H groups in total. The van der Waals surface area contributed by atoms with Crippen molar-refractivity contribution < 1.29 is 0 Å². The fraction of sp³-hybridized carbons (Fsp3) is 0.238. The molecule has 0 aliphatic carbocycles. The van der Waals surface area contributed by atoms with Gasteiger partial charge in [-0.15, -0.1) is 0 Å². The molecule has 0 bridgehead atoms. The minimum atomic E-state index is 0.0178. The van der Waals surface area contributed by atoms with E-state index in [1.54, 1.807) is 4.40 Å². The molecule has 4 rings (SSSR count). The van der Waals surface area contributed by atoms with Gasteiger partial charge in [-0.25, -0.2) is 9.38 Å². The molecule has 5 heteroatoms. The first kappa shape index (κ1) is 16.5. The predicted octanol–water partition coefficient (Wildman–Crippen LogP) is 3.07. The maximum Gasteiger partial charge on any atom is 0.264 e. The van der Waals surface area contributed by atoms with Gasteiger partial charge in [-0.2, -0.15) is 0 Å². The van der Waals surface area contributed by atoms with Crippen molar-refractivity contribution in [3.63, 3.8) is 0 Å². The summed E-state index contributed by atoms with van der Waals surface area (Å²) in [6, 6.07) is 18.1. The lowest BCUT2D eigenvalue weighted by atomic mass is 10.2. The highest BCUT2D eigenvalue weighted by atomic mass is 16.1. The quantitative estimate of drug-likeness (QED) is 0.570. The first-order valence-electron chi connectivity index (χ1n) is 8.74. The van der Waals surface area contributed by atoms with Gasteiger partial charge >= 0.3 is 0 Å². The van der Waals surface area contributed by atoms with Gasteiger partial charge in [-0.05, 0) is 38.7 Å². The second-order valence-corrected chi connectivity index (χ2v) is 6.91. The maximum atomic E-state index is 13.2. The summed E-state index contributed by atoms with van der Waals surface area (Å²) >= 11 is 0. The third-order valence-corrected chi connectivity index (χ3v) is 4.75. The molecule has 2 aromatic carbocycles. The average Bonchev–Trinajstić information content (AvgIpc) is 3.02. The van der Waals surface area contributed by atoms with E-state index in [0.29, 0.717) is 18.9 Å². The largest absolute Gasteiger partial charge is 0.311 e. The molecule has 0 saturated heterocycles. The van der Waals surface area contributed by atoms with Gasteiger partial charge < -0.3 is 9.47 Å². The average molecular weight is 346 g/mol. The number of hydrogen-bond donors (Lipinski definition) is 0. The van der Waals surface area contributed by atoms with Gasteiger partial charge in [0.2, 0.25) is 5.78 Å². The van der Waals surface area contributed by atoms with Crippen LogP contribution in [-0.2, 0) is 13.1 Å². The van der Waals surface area contributed by atoms with Crippen LogP contribution in [-0.4, -0.2) is 32.9 Å². The third-order valence-electron chi connectivity index (χ3n) is 4.75. The van der Waals surface area contributed by atoms with Gasteiger partial charge in [0.15, 0.2) is 0 Å². The Morgan fingerprint density at radius 3 is 2.42 bits per heavy atom. The van der Waals surface area contributed by atoms with Crippen molar-refractivity contribution in [2.45, 2.75) is 20.0 Å². The SMILES string of the molecule is Cc1c(CN(C)C)c(=O)n2c3ccccc3nc2n1Cc1ccccc1. The molecule has 0 aliphatic heterocycles. The van der Waals surface area contributed by atoms with E-state index in [9.17, 15) is 4.79 Å². The van der Waals surface area contributed by atoms with Crippen LogP contribution in [0, 0.1) is 6.92 Å². The molecule has 132 valence electrons. The minimum absolute atomic E-state index is 0.0178. The number of aromatic nitrogens is 3. The van der Waals surface area contributed by atoms with E-state index in [-0.39, 0.29) is 5.56 Å². The van der Waals surface area contributed by atoms with Crippen LogP contribution in [0.5, 0.6) is 0 Å². The van der Waals surface area contributed by atoms with Gasteiger partial charge in [-0.3, -0.25) is 4.79 Å². The van der Waals surface area contributed by atoms with Crippen LogP contribution < -0.4 is 5.56 Å². The summed E-state index contributed by atoms with van der Waals surface area (Å²) in [5.41, 5.74) is 4.67. The van der Waals surface area contributed by atoms with E-state index in [0.717, 1.165) is 22.3 Å². The van der Waals surface area contributed by atoms with E-state index in [1.165, 1.54) is 5.56 Å². The summed E-state index contributed by atoms with van der Waals surface area (Å²) < 4.78 is 3.90. The van der Waals surface area contributed by atoms with Crippen LogP contribution in [0.15, 0.2) is 59.4 Å². The number of fused-ring (bicyclic) bond motifs is 3. The molecule has 0 saturated carbocycles. The van der Waals surface area contributed by atoms with Crippen molar-refractivity contribution in [1.82, 2.24) is 18.9 Å². The Bertz CT molecular complexity index is 1140. The first-order valence-corrected chi connectivity index (χ1v) is 8.74. The summed E-state index contributed by atoms with van der Waals surface area (Å²) in [5, 5.41) is 0. The molecule has 26 heavy (non-hydrogen) atoms. The number of hydrogen-bond acceptors (Lipinski definition) is 3. The molecular weight excluding hydrogens is 324 g/mol. The van der Waals surface area contributed by atoms with Gasteiger partial charge in [0.1, 0.15) is 0 Å². The summed E-state index contributed by atoms with van der Waals surface area (Å²) in [6.45, 7) is 3.30. The molecule has 0 unspecified atom stereocenters. The Balaban J connectivity index is 2.06. The van der Waals surface area contributed by atoms with Crippen molar-refractivity contribution in [3.8, 4) is 0 Å². The smallest absolute Gasteiger partial charge is 0.264 e. The molecule has 0 aliphatic rings. The molecule has 2 heterocycles. The molecule has 4 aromatic rings. The second kappa shape index (κ2) is 6.42. The highest BCUT2D eigenvalue weighted by Gasteiger charge is 2.18. The van der Waals surface area contributed by atoms with E-state index in [4.69, 9.17) is 4.98 Å². The number of para-hydroxylation sites is 2. The van der Waals surface area contributed by atoms with Crippen LogP contribution >= 0.6 is 0 Å². The van der Waals surface area contributed by atoms with Gasteiger partial charge in [0.05, 0.1) is 23.1 Å². The Hall–Kier alpha value is -2.92. The van der Waals surface area contributed by atoms with E-state index >= 15 is 0 Å². The van der Waals surface area contributed by atoms with Crippen LogP contribution in [0.25, 0.3) is 16.8 Å². The van der Waals surface area contributed by atoms with Gasteiger partial charge in [0.25, 0.3) is 5.56 Å². The van der Waals surface area contributed by atoms with E-state index < -0.39 is 0 Å². The molecule has 0 atom stereocenters. The fourth-order valence-electron chi connectivity index (χ4n) is 3.45. The topological polar surface area (TPSA) is 42.5 Å². The van der Waals surface area contributed by atoms with E-state index in [1.807, 2.05) is 68.4 Å². The summed E-state index contributed by atoms with van der Waals surface area (Å²) in [7, 11) is 3.97. The lowest BCUT2D eigenvalue weighted by Crippen LogP contribution is -2.29. The maximum absolute atomic E-state index is 13.2. The predicted molar refractivity (Wildman–Crippen MR) is 105 cm³/mol. The lowest BCUT2D eigenvalue weighted by Gasteiger charge is -2.18. The zero-order valence-electron chi connectivity index (χ0n) is 15.3. The lowest BCUT2D eigenvalue weighted by molar-refractivity contribution is 0.396. The van der Waals surface area contributed by atoms with Crippen LogP contribution in [0.3, 0.4) is 0 Å². The highest BCUT2D eigenvalue weighted by Crippen LogP contribution is 2.19. The molecule has 0 radical (unpaired) electrons. The van der Waals surface area contributed by atoms with Crippen molar-refractivity contribution >= 4 is 16.8 Å². The van der Waals surface area contributed by atoms with Crippen molar-refractivity contribution in [3.05, 3.63) is 81.8 Å². The summed E-state index contributed by atoms with van der Waals surface area (Å²) in [6.07, 6.45) is 0. The van der Waals surface area contributed by atoms with Crippen LogP contribution in [0.4, 0.5) is 0 Å². The third kappa shape index (κ3) is 2.70. The Morgan fingerprint density at radius 2 is 1.69 bits per heavy atom. The molecule has 0 amide bonds. The number of nitrogens with zero attached hydrogens (tertiary/aromatic N) is 4. The molecule has 0 fully saturated rings. The number of imidazole rings is 1. The molecule has 0 spiro atoms. The minimum Gasteiger partial charge on any atom is -0.311 e. The van der Waals surface area contributed by atoms with Crippen molar-refractivity contribution in [2.24, 2.45) is 0 Å². The highest BCUT2D eigenvalue weighted by molar-refractivity contribution is 5.79. The van der Waals surface area contributed by atoms with Crippen molar-refractivity contribution in [2.75, 3.05) is 14.1 Å². The summed E-state index contributed by atoms with van der Waals surface area (Å²) in [5.74, 6) is 0.694. The van der Waals surface area contributed by atoms with Crippen molar-refractivity contribution in [1.29, 1.82) is 0 Å². The normalized spacial score (nSPS) is 11.7. The number of benzene rings is 2. The van der Waals surface area contributed by atoms with Crippen LogP contribution in [0.1, 0.15) is 16.8 Å². The monoisotopic (exact) mass is 346 g/mol. The zero-order valence-corrected chi connectivity index (χ0v) is 15.3. The summed E-state index contributed by atoms with van der Waals surface area (Å²) in [4.78, 5) is 20.0. The second-order valence-electron chi connectivity index (χ2n) is 6.91. The zero-order chi connectivity index (χ0) is 18.3. The Morgan fingerprint density at radius 1 is 1.00 bits per heavy atom. The molecule has 5 nitrogen and oxygen atoms in total. The standard InChI is InChI=1S/C21H22N4O/c1-15-17(14-23(2)3)20(26)25-19-12-8-7-11-18(19)22-21(25)24(15)13-16-9-5-4-6-10-16/h4-12H,13-14H2,1-3H3. The molecular formula is C21H22N4O. The fourth-order valence-corrected chi connectivity index (χ4v) is 3.45. The van der Waals surface area contributed by atoms with E-state index in [2.05, 4.69) is 16.7 Å². The first-order chi connectivity index (χ1) is 12.6. The Labute approximate surface area is 152 Å². The van der Waals surface area contributed by atoms with Gasteiger partial charge in [0, 0.05) is 12.2 Å². The Kier molecular flexibility index (Phi) is 4.09.